The largest absolute Gasteiger partial charge is 1.00 e. The Labute approximate surface area is 183 Å². The Morgan fingerprint density at radius 2 is 1.80 bits per heavy atom. The van der Waals surface area contributed by atoms with Gasteiger partial charge in [0.25, 0.3) is 5.91 Å². The number of carbonyl (C=O) groups excluding carboxylic acids is 2. The van der Waals surface area contributed by atoms with Gasteiger partial charge in [0.2, 0.25) is 12.3 Å². The zero-order valence-electron chi connectivity index (χ0n) is 15.9. The highest BCUT2D eigenvalue weighted by Gasteiger charge is 2.20. The first kappa shape index (κ1) is 22.7. The molecule has 8 nitrogen and oxygen atoms in total. The van der Waals surface area contributed by atoms with Crippen LogP contribution in [0.4, 0.5) is 11.4 Å². The fourth-order valence-electron chi connectivity index (χ4n) is 2.75. The number of halogens is 1. The van der Waals surface area contributed by atoms with Crippen LogP contribution >= 0.6 is 0 Å². The van der Waals surface area contributed by atoms with E-state index in [2.05, 4.69) is 5.32 Å². The first-order chi connectivity index (χ1) is 14.0. The Balaban J connectivity index is 0.00000320. The summed E-state index contributed by atoms with van der Waals surface area (Å²) in [5.74, 6) is -0.488. The Hall–Kier alpha value is -3.59. The molecule has 0 unspecified atom stereocenters. The van der Waals surface area contributed by atoms with Crippen molar-refractivity contribution in [3.05, 3.63) is 94.3 Å². The number of ketones is 1. The number of nitrogens with zero attached hydrogens (tertiary/aromatic N) is 2. The number of rotatable bonds is 7. The Morgan fingerprint density at radius 1 is 1.07 bits per heavy atom. The van der Waals surface area contributed by atoms with Crippen LogP contribution in [0.25, 0.3) is 0 Å². The summed E-state index contributed by atoms with van der Waals surface area (Å²) >= 11 is 0. The molecule has 1 aromatic heterocycles. The summed E-state index contributed by atoms with van der Waals surface area (Å²) in [4.78, 5) is 35.4. The van der Waals surface area contributed by atoms with Gasteiger partial charge in [-0.1, -0.05) is 18.2 Å². The normalized spacial score (nSPS) is 9.90. The molecule has 0 aliphatic carbocycles. The Morgan fingerprint density at radius 3 is 2.47 bits per heavy atom. The number of hydrogen-bond donors (Lipinski definition) is 1. The molecule has 0 spiro atoms. The summed E-state index contributed by atoms with van der Waals surface area (Å²) in [6.07, 6.45) is 3.30. The molecule has 154 valence electrons. The lowest BCUT2D eigenvalue weighted by molar-refractivity contribution is -0.682. The molecule has 1 amide bonds. The number of methoxy groups -OCH3 is 1. The van der Waals surface area contributed by atoms with Crippen molar-refractivity contribution >= 4 is 23.1 Å². The number of ether oxygens (including phenoxy) is 1. The van der Waals surface area contributed by atoms with E-state index in [-0.39, 0.29) is 52.2 Å². The van der Waals surface area contributed by atoms with Crippen molar-refractivity contribution in [1.29, 1.82) is 0 Å². The molecule has 0 aliphatic heterocycles. The third kappa shape index (κ3) is 5.48. The molecule has 1 N–H and O–H groups in total. The zero-order chi connectivity index (χ0) is 20.8. The summed E-state index contributed by atoms with van der Waals surface area (Å²) in [6, 6.07) is 16.2. The van der Waals surface area contributed by atoms with Gasteiger partial charge in [-0.2, -0.15) is 4.57 Å². The first-order valence-corrected chi connectivity index (χ1v) is 8.69. The summed E-state index contributed by atoms with van der Waals surface area (Å²) in [7, 11) is 1.33. The fraction of sp³-hybridized carbons (Fsp3) is 0.0952. The van der Waals surface area contributed by atoms with E-state index in [1.165, 1.54) is 25.3 Å². The summed E-state index contributed by atoms with van der Waals surface area (Å²) in [5, 5.41) is 13.9. The van der Waals surface area contributed by atoms with Crippen LogP contribution in [-0.4, -0.2) is 23.7 Å². The minimum Gasteiger partial charge on any atom is -1.00 e. The third-order valence-electron chi connectivity index (χ3n) is 4.18. The van der Waals surface area contributed by atoms with E-state index in [1.54, 1.807) is 53.4 Å². The van der Waals surface area contributed by atoms with Crippen LogP contribution in [0.5, 0.6) is 5.75 Å². The highest BCUT2D eigenvalue weighted by Crippen LogP contribution is 2.27. The lowest BCUT2D eigenvalue weighted by Gasteiger charge is -2.05. The quantitative estimate of drug-likeness (QED) is 0.226. The molecule has 0 radical (unpaired) electrons. The van der Waals surface area contributed by atoms with Gasteiger partial charge >= 0.3 is 5.69 Å². The first-order valence-electron chi connectivity index (χ1n) is 8.69. The standard InChI is InChI=1S/C21H17N3O5.BrH/c1-29-20-10-9-16(12-18(20)24(27)28)19(25)14-23-11-5-8-17(13-23)22-21(26)15-6-3-2-4-7-15;/h2-13H,14H2,1H3;1H. The van der Waals surface area contributed by atoms with E-state index in [0.29, 0.717) is 11.3 Å². The Kier molecular flexibility index (Phi) is 7.76. The summed E-state index contributed by atoms with van der Waals surface area (Å²) in [5.41, 5.74) is 0.968. The molecule has 3 rings (SSSR count). The predicted molar refractivity (Wildman–Crippen MR) is 105 cm³/mol. The van der Waals surface area contributed by atoms with E-state index < -0.39 is 4.92 Å². The zero-order valence-corrected chi connectivity index (χ0v) is 17.5. The van der Waals surface area contributed by atoms with Gasteiger partial charge in [0.1, 0.15) is 5.69 Å². The van der Waals surface area contributed by atoms with Crippen LogP contribution in [0.3, 0.4) is 0 Å². The average Bonchev–Trinajstić information content (AvgIpc) is 2.74. The van der Waals surface area contributed by atoms with Gasteiger partial charge in [-0.3, -0.25) is 19.7 Å². The number of anilines is 1. The highest BCUT2D eigenvalue weighted by atomic mass is 79.9. The van der Waals surface area contributed by atoms with E-state index in [0.717, 1.165) is 0 Å². The van der Waals surface area contributed by atoms with Crippen LogP contribution in [0.2, 0.25) is 0 Å². The van der Waals surface area contributed by atoms with Crippen molar-refractivity contribution < 1.29 is 40.8 Å². The second-order valence-electron chi connectivity index (χ2n) is 6.15. The molecule has 0 fully saturated rings. The summed E-state index contributed by atoms with van der Waals surface area (Å²) in [6.45, 7) is -0.0431. The topological polar surface area (TPSA) is 102 Å². The number of pyridine rings is 1. The second kappa shape index (κ2) is 10.3. The van der Waals surface area contributed by atoms with Gasteiger partial charge in [-0.05, 0) is 30.3 Å². The second-order valence-corrected chi connectivity index (χ2v) is 6.15. The van der Waals surface area contributed by atoms with Crippen molar-refractivity contribution in [3.63, 3.8) is 0 Å². The highest BCUT2D eigenvalue weighted by molar-refractivity contribution is 6.04. The number of aromatic nitrogens is 1. The van der Waals surface area contributed by atoms with Crippen LogP contribution in [0.15, 0.2) is 73.1 Å². The van der Waals surface area contributed by atoms with Crippen LogP contribution < -0.4 is 31.6 Å². The van der Waals surface area contributed by atoms with E-state index in [9.17, 15) is 19.7 Å². The molecule has 0 saturated carbocycles. The molecule has 2 aromatic carbocycles. The van der Waals surface area contributed by atoms with Crippen molar-refractivity contribution in [2.75, 3.05) is 12.4 Å². The van der Waals surface area contributed by atoms with E-state index in [4.69, 9.17) is 4.74 Å². The Bertz CT molecular complexity index is 1070. The minimum atomic E-state index is -0.595. The van der Waals surface area contributed by atoms with Gasteiger partial charge in [0.15, 0.2) is 18.1 Å². The number of nitro groups is 1. The van der Waals surface area contributed by atoms with Crippen molar-refractivity contribution in [2.45, 2.75) is 6.54 Å². The molecular formula is C21H18BrN3O5. The average molecular weight is 472 g/mol. The van der Waals surface area contributed by atoms with Crippen molar-refractivity contribution in [2.24, 2.45) is 0 Å². The SMILES string of the molecule is COc1ccc(C(=O)C[n+]2cccc(NC(=O)c3ccccc3)c2)cc1[N+](=O)[O-].[Br-]. The van der Waals surface area contributed by atoms with Gasteiger partial charge in [-0.25, -0.2) is 0 Å². The van der Waals surface area contributed by atoms with Crippen LogP contribution in [0, 0.1) is 10.1 Å². The van der Waals surface area contributed by atoms with Gasteiger partial charge < -0.3 is 27.0 Å². The van der Waals surface area contributed by atoms with Crippen LogP contribution in [0.1, 0.15) is 20.7 Å². The predicted octanol–water partition coefficient (Wildman–Crippen LogP) is 0.0301. The maximum absolute atomic E-state index is 12.6. The lowest BCUT2D eigenvalue weighted by Crippen LogP contribution is -3.00. The van der Waals surface area contributed by atoms with Crippen molar-refractivity contribution in [3.8, 4) is 5.75 Å². The number of Topliss-reactive ketones (excluding diaryl/α,β-unsaturated/α-hetero) is 1. The molecule has 0 bridgehead atoms. The molecule has 0 saturated heterocycles. The third-order valence-corrected chi connectivity index (χ3v) is 4.18. The number of benzene rings is 2. The van der Waals surface area contributed by atoms with Gasteiger partial charge in [0, 0.05) is 23.3 Å². The van der Waals surface area contributed by atoms with E-state index in [1.807, 2.05) is 6.07 Å². The fourth-order valence-corrected chi connectivity index (χ4v) is 2.75. The number of hydrogen-bond acceptors (Lipinski definition) is 5. The minimum absolute atomic E-state index is 0. The molecule has 9 heteroatoms. The lowest BCUT2D eigenvalue weighted by atomic mass is 10.1. The maximum atomic E-state index is 12.6. The molecule has 30 heavy (non-hydrogen) atoms. The summed E-state index contributed by atoms with van der Waals surface area (Å²) < 4.78 is 6.55. The van der Waals surface area contributed by atoms with Crippen molar-refractivity contribution in [1.82, 2.24) is 0 Å². The molecule has 0 aliphatic rings. The number of carbonyl (C=O) groups is 2. The number of nitrogens with one attached hydrogen (secondary N) is 1. The van der Waals surface area contributed by atoms with Gasteiger partial charge in [0.05, 0.1) is 12.0 Å². The molecule has 3 aromatic rings. The maximum Gasteiger partial charge on any atom is 0.311 e. The molecule has 0 atom stereocenters. The monoisotopic (exact) mass is 471 g/mol. The smallest absolute Gasteiger partial charge is 0.311 e. The number of nitro benzene ring substituents is 1. The molecule has 1 heterocycles. The van der Waals surface area contributed by atoms with E-state index >= 15 is 0 Å². The molecular weight excluding hydrogens is 454 g/mol. The number of amides is 1. The van der Waals surface area contributed by atoms with Gasteiger partial charge in [-0.15, -0.1) is 0 Å². The van der Waals surface area contributed by atoms with Crippen LogP contribution in [-0.2, 0) is 6.54 Å².